The molecule has 62 heavy (non-hydrogen) atoms. The largest absolute Gasteiger partial charge is 0.494 e. The highest BCUT2D eigenvalue weighted by molar-refractivity contribution is 6.26. The molecule has 0 spiro atoms. The number of para-hydroxylation sites is 1. The number of aromatic carboxylic acids is 1. The summed E-state index contributed by atoms with van der Waals surface area (Å²) in [5.41, 5.74) is 11.3. The van der Waals surface area contributed by atoms with E-state index in [-0.39, 0.29) is 11.8 Å². The number of rotatable bonds is 21. The molecule has 1 aliphatic heterocycles. The zero-order valence-electron chi connectivity index (χ0n) is 38.8. The third kappa shape index (κ3) is 10.8. The number of amides is 2. The van der Waals surface area contributed by atoms with Crippen LogP contribution in [0.15, 0.2) is 78.3 Å². The Morgan fingerprint density at radius 3 is 2.23 bits per heavy atom. The Balaban J connectivity index is 0.00000416. The second-order valence-corrected chi connectivity index (χ2v) is 15.9. The summed E-state index contributed by atoms with van der Waals surface area (Å²) in [6.07, 6.45) is 7.20. The van der Waals surface area contributed by atoms with Crippen LogP contribution in [-0.4, -0.2) is 71.4 Å². The molecule has 10 nitrogen and oxygen atoms in total. The summed E-state index contributed by atoms with van der Waals surface area (Å²) in [6, 6.07) is 14.9. The topological polar surface area (TPSA) is 122 Å². The van der Waals surface area contributed by atoms with Crippen LogP contribution in [0.3, 0.4) is 0 Å². The van der Waals surface area contributed by atoms with Crippen LogP contribution in [0.5, 0.6) is 11.5 Å². The van der Waals surface area contributed by atoms with E-state index in [1.54, 1.807) is 32.3 Å². The van der Waals surface area contributed by atoms with Gasteiger partial charge in [0.25, 0.3) is 5.91 Å². The van der Waals surface area contributed by atoms with Crippen molar-refractivity contribution >= 4 is 45.7 Å². The van der Waals surface area contributed by atoms with Crippen molar-refractivity contribution in [3.8, 4) is 11.5 Å². The van der Waals surface area contributed by atoms with Gasteiger partial charge < -0.3 is 24.5 Å². The van der Waals surface area contributed by atoms with Crippen molar-refractivity contribution < 1.29 is 29.0 Å². The third-order valence-electron chi connectivity index (χ3n) is 11.7. The van der Waals surface area contributed by atoms with Crippen LogP contribution in [0.25, 0.3) is 22.2 Å². The van der Waals surface area contributed by atoms with E-state index in [4.69, 9.17) is 9.47 Å². The lowest BCUT2D eigenvalue weighted by atomic mass is 9.94. The molecule has 0 aliphatic carbocycles. The number of carboxylic acid groups (broad SMARTS) is 1. The quantitative estimate of drug-likeness (QED) is 0.0489. The molecule has 0 bridgehead atoms. The minimum absolute atomic E-state index is 0.256. The fourth-order valence-corrected chi connectivity index (χ4v) is 8.42. The zero-order valence-corrected chi connectivity index (χ0v) is 38.8. The number of hydrogen-bond acceptors (Lipinski definition) is 6. The van der Waals surface area contributed by atoms with E-state index in [0.717, 1.165) is 70.3 Å². The predicted molar refractivity (Wildman–Crippen MR) is 255 cm³/mol. The maximum Gasteiger partial charge on any atom is 0.352 e. The van der Waals surface area contributed by atoms with Crippen LogP contribution >= 0.6 is 0 Å². The first-order valence-electron chi connectivity index (χ1n) is 22.1. The molecule has 332 valence electrons. The number of carboxylic acids is 1. The second-order valence-electron chi connectivity index (χ2n) is 15.9. The number of nitrogens with zero attached hydrogens (tertiary/aromatic N) is 3. The van der Waals surface area contributed by atoms with Crippen molar-refractivity contribution in [3.63, 3.8) is 0 Å². The van der Waals surface area contributed by atoms with Gasteiger partial charge in [-0.05, 0) is 127 Å². The molecule has 1 aliphatic rings. The lowest BCUT2D eigenvalue weighted by Gasteiger charge is -2.27. The van der Waals surface area contributed by atoms with Gasteiger partial charge in [-0.3, -0.25) is 19.5 Å². The summed E-state index contributed by atoms with van der Waals surface area (Å²) in [6.45, 7) is 25.9. The van der Waals surface area contributed by atoms with E-state index in [0.29, 0.717) is 73.7 Å². The Morgan fingerprint density at radius 2 is 1.60 bits per heavy atom. The minimum Gasteiger partial charge on any atom is -0.494 e. The molecule has 0 saturated heterocycles. The van der Waals surface area contributed by atoms with Crippen molar-refractivity contribution in [1.82, 2.24) is 14.8 Å². The number of aryl methyl sites for hydroxylation is 4. The fourth-order valence-electron chi connectivity index (χ4n) is 8.42. The first-order valence-corrected chi connectivity index (χ1v) is 22.1. The summed E-state index contributed by atoms with van der Waals surface area (Å²) in [4.78, 5) is 45.6. The van der Waals surface area contributed by atoms with Crippen molar-refractivity contribution in [2.24, 2.45) is 4.99 Å². The number of aliphatic imine (C=N–C) groups is 1. The Morgan fingerprint density at radius 1 is 0.935 bits per heavy atom. The minimum atomic E-state index is -0.942. The van der Waals surface area contributed by atoms with Crippen LogP contribution < -0.4 is 14.8 Å². The number of carbonyl (C=O) groups excluding carboxylic acids is 2. The molecule has 1 atom stereocenters. The number of ether oxygens (including phenoxy) is 2. The van der Waals surface area contributed by atoms with Gasteiger partial charge in [0.2, 0.25) is 5.91 Å². The van der Waals surface area contributed by atoms with Gasteiger partial charge in [0, 0.05) is 48.6 Å². The van der Waals surface area contributed by atoms with E-state index in [2.05, 4.69) is 76.3 Å². The van der Waals surface area contributed by atoms with Gasteiger partial charge >= 0.3 is 5.97 Å². The van der Waals surface area contributed by atoms with Crippen LogP contribution in [0.4, 0.5) is 0 Å². The molecule has 3 aromatic carbocycles. The lowest BCUT2D eigenvalue weighted by Crippen LogP contribution is -2.45. The first kappa shape index (κ1) is 48.8. The average Bonchev–Trinajstić information content (AvgIpc) is 3.72. The summed E-state index contributed by atoms with van der Waals surface area (Å²) < 4.78 is 14.5. The number of benzene rings is 3. The molecule has 2 heterocycles. The molecule has 10 heteroatoms. The molecule has 0 fully saturated rings. The number of likely N-dealkylation sites (N-methyl/N-ethyl adjacent to an activating group) is 1. The number of carbonyl (C=O) groups is 3. The summed E-state index contributed by atoms with van der Waals surface area (Å²) in [5.74, 6) is -0.0708. The van der Waals surface area contributed by atoms with Crippen molar-refractivity contribution in [2.45, 2.75) is 119 Å². The van der Waals surface area contributed by atoms with Crippen LogP contribution in [0.2, 0.25) is 0 Å². The van der Waals surface area contributed by atoms with Crippen molar-refractivity contribution in [3.05, 3.63) is 118 Å². The van der Waals surface area contributed by atoms with Crippen molar-refractivity contribution in [2.75, 3.05) is 27.3 Å². The number of hydrogen-bond donors (Lipinski definition) is 2. The molecule has 0 saturated carbocycles. The Labute approximate surface area is 369 Å². The molecule has 2 N–H and O–H groups in total. The van der Waals surface area contributed by atoms with Crippen LogP contribution in [0, 0.1) is 20.8 Å². The molecule has 0 radical (unpaired) electrons. The summed E-state index contributed by atoms with van der Waals surface area (Å²) in [5, 5.41) is 14.4. The predicted octanol–water partition coefficient (Wildman–Crippen LogP) is 11.3. The molecule has 2 amide bonds. The molecule has 1 unspecified atom stereocenters. The molecule has 5 rings (SSSR count). The van der Waals surface area contributed by atoms with Crippen LogP contribution in [-0.2, 0) is 17.8 Å². The second kappa shape index (κ2) is 22.8. The van der Waals surface area contributed by atoms with E-state index in [1.165, 1.54) is 21.6 Å². The van der Waals surface area contributed by atoms with Gasteiger partial charge in [-0.25, -0.2) is 4.79 Å². The van der Waals surface area contributed by atoms with Gasteiger partial charge in [0.15, 0.2) is 0 Å². The number of fused-ring (bicyclic) bond motifs is 2. The van der Waals surface area contributed by atoms with E-state index in [1.807, 2.05) is 43.5 Å². The van der Waals surface area contributed by atoms with Gasteiger partial charge in [-0.15, -0.1) is 6.58 Å². The van der Waals surface area contributed by atoms with Crippen molar-refractivity contribution in [1.29, 1.82) is 0 Å². The fraction of sp³-hybridized carbons (Fsp3) is 0.423. The highest BCUT2D eigenvalue weighted by Gasteiger charge is 2.40. The van der Waals surface area contributed by atoms with Gasteiger partial charge in [-0.2, -0.15) is 0 Å². The summed E-state index contributed by atoms with van der Waals surface area (Å²) in [7, 11) is 3.35. The molecular formula is C52H68N4O6. The maximum atomic E-state index is 13.5. The Kier molecular flexibility index (Phi) is 17.9. The molecule has 1 aromatic heterocycles. The van der Waals surface area contributed by atoms with Crippen LogP contribution in [0.1, 0.15) is 134 Å². The zero-order chi connectivity index (χ0) is 45.7. The maximum absolute atomic E-state index is 13.5. The molecule has 4 aromatic rings. The standard InChI is InChI=1S/C50H62N4O6.C2H6/c1-11-12-24-42(48(55)52-10)54-36(8)45-41(49(54)56)22-18-25-43(45)60-27-16-14-13-15-26-53-46-38(20-17-21-40(46)44(31(2)3)35(7)51-9)39(47(53)50(57)58)23-19-28-59-37-29-32(4)34(6)33(5)30-37;1-2/h11,17-18,20-22,25,29-30,42H,1,8,12-16,19,23-24,26-28H2,2-7,9-10H3,(H,52,55)(H,57,58);1-2H3. The lowest BCUT2D eigenvalue weighted by molar-refractivity contribution is -0.124. The number of unbranched alkanes of at least 4 members (excludes halogenated alkanes) is 3. The number of aromatic nitrogens is 1. The average molecular weight is 845 g/mol. The van der Waals surface area contributed by atoms with Gasteiger partial charge in [0.05, 0.1) is 29.9 Å². The number of nitrogens with one attached hydrogen (secondary N) is 1. The van der Waals surface area contributed by atoms with Gasteiger partial charge in [-0.1, -0.05) is 69.2 Å². The first-order chi connectivity index (χ1) is 29.8. The smallest absolute Gasteiger partial charge is 0.352 e. The normalized spacial score (nSPS) is 12.7. The SMILES string of the molecule is C=CCCC(C(=O)NC)N1C(=C)c2c(OCCCCCCn3c(C(=O)O)c(CCCOc4cc(C)c(C)c(C)c4)c4cccc(C(C(C)=NC)=C(C)C)c43)cccc2C1=O.CC. The van der Waals surface area contributed by atoms with E-state index in [9.17, 15) is 19.5 Å². The monoisotopic (exact) mass is 845 g/mol. The Hall–Kier alpha value is -5.90. The Bertz CT molecular complexity index is 2320. The summed E-state index contributed by atoms with van der Waals surface area (Å²) >= 11 is 0. The van der Waals surface area contributed by atoms with E-state index < -0.39 is 12.0 Å². The highest BCUT2D eigenvalue weighted by Crippen LogP contribution is 2.40. The van der Waals surface area contributed by atoms with E-state index >= 15 is 0 Å². The molecular weight excluding hydrogens is 777 g/mol. The third-order valence-corrected chi connectivity index (χ3v) is 11.7. The van der Waals surface area contributed by atoms with Gasteiger partial charge in [0.1, 0.15) is 23.2 Å². The highest BCUT2D eigenvalue weighted by atomic mass is 16.5. The number of allylic oxidation sites excluding steroid dienone is 3.